The van der Waals surface area contributed by atoms with Crippen molar-refractivity contribution in [2.45, 2.75) is 13.0 Å². The number of nitrogens with two attached hydrogens (primary N) is 1. The van der Waals surface area contributed by atoms with Gasteiger partial charge >= 0.3 is 0 Å². The minimum absolute atomic E-state index is 0.0537. The molecule has 1 aromatic rings. The highest BCUT2D eigenvalue weighted by atomic mass is 16.6. The lowest BCUT2D eigenvalue weighted by atomic mass is 10.1. The molecular weight excluding hydrogens is 184 g/mol. The first-order chi connectivity index (χ1) is 6.56. The van der Waals surface area contributed by atoms with Crippen LogP contribution in [-0.2, 0) is 0 Å². The van der Waals surface area contributed by atoms with Crippen molar-refractivity contribution in [3.8, 4) is 0 Å². The van der Waals surface area contributed by atoms with Crippen molar-refractivity contribution in [2.24, 2.45) is 5.73 Å². The normalized spacial score (nSPS) is 12.5. The standard InChI is InChI=1S/C9H12N2O3/c1-6-4-7(9(12)5-10)2-3-8(6)11(13)14/h2-4,9,12H,5,10H2,1H3/t9-/m0/s1. The molecule has 1 atom stereocenters. The van der Waals surface area contributed by atoms with E-state index in [0.717, 1.165) is 0 Å². The largest absolute Gasteiger partial charge is 0.387 e. The van der Waals surface area contributed by atoms with Crippen LogP contribution in [0.1, 0.15) is 17.2 Å². The van der Waals surface area contributed by atoms with Gasteiger partial charge in [0.05, 0.1) is 11.0 Å². The average Bonchev–Trinajstić information content (AvgIpc) is 2.15. The van der Waals surface area contributed by atoms with E-state index in [9.17, 15) is 15.2 Å². The summed E-state index contributed by atoms with van der Waals surface area (Å²) in [4.78, 5) is 10.0. The molecule has 0 amide bonds. The van der Waals surface area contributed by atoms with Gasteiger partial charge in [0.1, 0.15) is 0 Å². The number of rotatable bonds is 3. The van der Waals surface area contributed by atoms with Gasteiger partial charge < -0.3 is 10.8 Å². The zero-order valence-corrected chi connectivity index (χ0v) is 7.80. The smallest absolute Gasteiger partial charge is 0.272 e. The molecule has 0 aromatic heterocycles. The Morgan fingerprint density at radius 3 is 2.71 bits per heavy atom. The van der Waals surface area contributed by atoms with Gasteiger partial charge in [-0.15, -0.1) is 0 Å². The fourth-order valence-corrected chi connectivity index (χ4v) is 1.23. The van der Waals surface area contributed by atoms with Gasteiger partial charge in [-0.05, 0) is 24.6 Å². The van der Waals surface area contributed by atoms with Gasteiger partial charge in [0, 0.05) is 18.2 Å². The number of aliphatic hydroxyl groups is 1. The first-order valence-electron chi connectivity index (χ1n) is 4.19. The van der Waals surface area contributed by atoms with E-state index in [4.69, 9.17) is 5.73 Å². The summed E-state index contributed by atoms with van der Waals surface area (Å²) < 4.78 is 0. The number of nitrogens with zero attached hydrogens (tertiary/aromatic N) is 1. The van der Waals surface area contributed by atoms with Gasteiger partial charge in [-0.1, -0.05) is 0 Å². The van der Waals surface area contributed by atoms with E-state index in [1.807, 2.05) is 0 Å². The van der Waals surface area contributed by atoms with Crippen molar-refractivity contribution in [1.29, 1.82) is 0 Å². The number of nitro groups is 1. The molecule has 1 aromatic carbocycles. The zero-order valence-electron chi connectivity index (χ0n) is 7.80. The molecule has 0 saturated carbocycles. The monoisotopic (exact) mass is 196 g/mol. The number of aliphatic hydroxyl groups excluding tert-OH is 1. The Hall–Kier alpha value is -1.46. The Labute approximate surface area is 81.3 Å². The van der Waals surface area contributed by atoms with Crippen molar-refractivity contribution in [3.05, 3.63) is 39.4 Å². The number of hydrogen-bond donors (Lipinski definition) is 2. The number of hydrogen-bond acceptors (Lipinski definition) is 4. The van der Waals surface area contributed by atoms with E-state index in [0.29, 0.717) is 11.1 Å². The minimum Gasteiger partial charge on any atom is -0.387 e. The highest BCUT2D eigenvalue weighted by Crippen LogP contribution is 2.21. The molecule has 3 N–H and O–H groups in total. The summed E-state index contributed by atoms with van der Waals surface area (Å²) in [5.74, 6) is 0. The molecule has 0 aliphatic rings. The highest BCUT2D eigenvalue weighted by Gasteiger charge is 2.12. The summed E-state index contributed by atoms with van der Waals surface area (Å²) in [5.41, 5.74) is 6.46. The highest BCUT2D eigenvalue weighted by molar-refractivity contribution is 5.42. The maximum atomic E-state index is 10.5. The van der Waals surface area contributed by atoms with E-state index in [2.05, 4.69) is 0 Å². The lowest BCUT2D eigenvalue weighted by Gasteiger charge is -2.08. The topological polar surface area (TPSA) is 89.4 Å². The van der Waals surface area contributed by atoms with Crippen molar-refractivity contribution < 1.29 is 10.0 Å². The van der Waals surface area contributed by atoms with Crippen LogP contribution < -0.4 is 5.73 Å². The average molecular weight is 196 g/mol. The van der Waals surface area contributed by atoms with Gasteiger partial charge in [-0.25, -0.2) is 0 Å². The van der Waals surface area contributed by atoms with Crippen molar-refractivity contribution >= 4 is 5.69 Å². The number of nitro benzene ring substituents is 1. The van der Waals surface area contributed by atoms with E-state index < -0.39 is 11.0 Å². The molecule has 14 heavy (non-hydrogen) atoms. The molecule has 76 valence electrons. The molecule has 0 fully saturated rings. The summed E-state index contributed by atoms with van der Waals surface area (Å²) in [5, 5.41) is 19.9. The lowest BCUT2D eigenvalue weighted by molar-refractivity contribution is -0.385. The fourth-order valence-electron chi connectivity index (χ4n) is 1.23. The first kappa shape index (κ1) is 10.6. The van der Waals surface area contributed by atoms with Gasteiger partial charge in [0.25, 0.3) is 5.69 Å². The Morgan fingerprint density at radius 2 is 2.29 bits per heavy atom. The first-order valence-corrected chi connectivity index (χ1v) is 4.19. The predicted octanol–water partition coefficient (Wildman–Crippen LogP) is 0.895. The summed E-state index contributed by atoms with van der Waals surface area (Å²) in [7, 11) is 0. The van der Waals surface area contributed by atoms with Gasteiger partial charge in [-0.3, -0.25) is 10.1 Å². The SMILES string of the molecule is Cc1cc([C@@H](O)CN)ccc1[N+](=O)[O-]. The quantitative estimate of drug-likeness (QED) is 0.555. The molecular formula is C9H12N2O3. The van der Waals surface area contributed by atoms with Crippen molar-refractivity contribution in [1.82, 2.24) is 0 Å². The minimum atomic E-state index is -0.755. The molecule has 0 aliphatic carbocycles. The molecule has 0 heterocycles. The third-order valence-electron chi connectivity index (χ3n) is 2.03. The van der Waals surface area contributed by atoms with Crippen LogP contribution in [0, 0.1) is 17.0 Å². The van der Waals surface area contributed by atoms with E-state index >= 15 is 0 Å². The predicted molar refractivity (Wildman–Crippen MR) is 51.8 cm³/mol. The van der Waals surface area contributed by atoms with Crippen LogP contribution in [0.5, 0.6) is 0 Å². The molecule has 0 saturated heterocycles. The van der Waals surface area contributed by atoms with Crippen LogP contribution in [0.3, 0.4) is 0 Å². The molecule has 5 nitrogen and oxygen atoms in total. The van der Waals surface area contributed by atoms with E-state index in [1.165, 1.54) is 12.1 Å². The fraction of sp³-hybridized carbons (Fsp3) is 0.333. The Bertz CT molecular complexity index is 352. The second-order valence-electron chi connectivity index (χ2n) is 3.05. The Balaban J connectivity index is 3.06. The summed E-state index contributed by atoms with van der Waals surface area (Å²) >= 11 is 0. The van der Waals surface area contributed by atoms with Crippen LogP contribution in [-0.4, -0.2) is 16.6 Å². The maximum absolute atomic E-state index is 10.5. The summed E-state index contributed by atoms with van der Waals surface area (Å²) in [6.45, 7) is 1.74. The third-order valence-corrected chi connectivity index (χ3v) is 2.03. The van der Waals surface area contributed by atoms with Gasteiger partial charge in [-0.2, -0.15) is 0 Å². The number of benzene rings is 1. The van der Waals surface area contributed by atoms with Crippen LogP contribution >= 0.6 is 0 Å². The maximum Gasteiger partial charge on any atom is 0.272 e. The molecule has 0 unspecified atom stereocenters. The molecule has 5 heteroatoms. The van der Waals surface area contributed by atoms with Crippen molar-refractivity contribution in [2.75, 3.05) is 6.54 Å². The van der Waals surface area contributed by atoms with Gasteiger partial charge in [0.2, 0.25) is 0 Å². The van der Waals surface area contributed by atoms with Crippen LogP contribution in [0.15, 0.2) is 18.2 Å². The molecule has 1 rings (SSSR count). The Kier molecular flexibility index (Phi) is 3.16. The van der Waals surface area contributed by atoms with Crippen LogP contribution in [0.4, 0.5) is 5.69 Å². The molecule has 0 spiro atoms. The summed E-state index contributed by atoms with van der Waals surface area (Å²) in [6.07, 6.45) is -0.755. The second kappa shape index (κ2) is 4.17. The number of aryl methyl sites for hydroxylation is 1. The van der Waals surface area contributed by atoms with E-state index in [-0.39, 0.29) is 12.2 Å². The van der Waals surface area contributed by atoms with Gasteiger partial charge in [0.15, 0.2) is 0 Å². The van der Waals surface area contributed by atoms with Crippen LogP contribution in [0.25, 0.3) is 0 Å². The van der Waals surface area contributed by atoms with Crippen LogP contribution in [0.2, 0.25) is 0 Å². The summed E-state index contributed by atoms with van der Waals surface area (Å²) in [6, 6.07) is 4.47. The molecule has 0 radical (unpaired) electrons. The van der Waals surface area contributed by atoms with Crippen molar-refractivity contribution in [3.63, 3.8) is 0 Å². The molecule has 0 bridgehead atoms. The van der Waals surface area contributed by atoms with E-state index in [1.54, 1.807) is 13.0 Å². The second-order valence-corrected chi connectivity index (χ2v) is 3.05. The third kappa shape index (κ3) is 2.07. The molecule has 0 aliphatic heterocycles. The Morgan fingerprint density at radius 1 is 1.64 bits per heavy atom. The lowest BCUT2D eigenvalue weighted by Crippen LogP contribution is -2.11. The zero-order chi connectivity index (χ0) is 10.7.